The molecule has 1 atom stereocenters. The third-order valence-corrected chi connectivity index (χ3v) is 4.92. The van der Waals surface area contributed by atoms with E-state index in [4.69, 9.17) is 9.47 Å². The Hall–Kier alpha value is -1.91. The Labute approximate surface area is 175 Å². The maximum absolute atomic E-state index is 12.9. The van der Waals surface area contributed by atoms with Crippen molar-refractivity contribution in [2.24, 2.45) is 0 Å². The molecule has 0 aromatic heterocycles. The van der Waals surface area contributed by atoms with Crippen LogP contribution in [0, 0.1) is 5.82 Å². The second kappa shape index (κ2) is 15.9. The van der Waals surface area contributed by atoms with E-state index in [0.717, 1.165) is 56.9 Å². The number of ether oxygens (including phenoxy) is 2. The standard InChI is InChI=1S/C24H37FO4/c1-3-4-5-12-19-28-23(26)13-10-8-6-7-9-11-14-24(27)29-20(2)21-15-17-22(25)18-16-21/h15-18,20H,3-14,19H2,1-2H3. The lowest BCUT2D eigenvalue weighted by atomic mass is 10.1. The summed E-state index contributed by atoms with van der Waals surface area (Å²) in [5, 5.41) is 0. The third kappa shape index (κ3) is 13.0. The van der Waals surface area contributed by atoms with E-state index in [1.54, 1.807) is 19.1 Å². The van der Waals surface area contributed by atoms with Gasteiger partial charge in [-0.3, -0.25) is 9.59 Å². The van der Waals surface area contributed by atoms with Crippen molar-refractivity contribution < 1.29 is 23.5 Å². The summed E-state index contributed by atoms with van der Waals surface area (Å²) >= 11 is 0. The molecule has 1 unspecified atom stereocenters. The van der Waals surface area contributed by atoms with Crippen LogP contribution in [-0.4, -0.2) is 18.5 Å². The van der Waals surface area contributed by atoms with Crippen LogP contribution in [0.2, 0.25) is 0 Å². The summed E-state index contributed by atoms with van der Waals surface area (Å²) in [4.78, 5) is 23.5. The van der Waals surface area contributed by atoms with E-state index in [2.05, 4.69) is 6.92 Å². The molecule has 0 radical (unpaired) electrons. The van der Waals surface area contributed by atoms with Crippen LogP contribution >= 0.6 is 0 Å². The highest BCUT2D eigenvalue weighted by atomic mass is 19.1. The van der Waals surface area contributed by atoms with Gasteiger partial charge in [-0.1, -0.05) is 64.0 Å². The summed E-state index contributed by atoms with van der Waals surface area (Å²) in [6, 6.07) is 6.00. The number of carbonyl (C=O) groups excluding carboxylic acids is 2. The van der Waals surface area contributed by atoms with Crippen molar-refractivity contribution in [2.45, 2.75) is 97.0 Å². The highest BCUT2D eigenvalue weighted by molar-refractivity contribution is 5.69. The fraction of sp³-hybridized carbons (Fsp3) is 0.667. The van der Waals surface area contributed by atoms with E-state index in [1.165, 1.54) is 25.0 Å². The first kappa shape index (κ1) is 25.1. The summed E-state index contributed by atoms with van der Waals surface area (Å²) in [5.41, 5.74) is 0.791. The highest BCUT2D eigenvalue weighted by Gasteiger charge is 2.11. The first-order chi connectivity index (χ1) is 14.0. The Kier molecular flexibility index (Phi) is 13.8. The molecule has 4 nitrogen and oxygen atoms in total. The minimum atomic E-state index is -0.366. The number of hydrogen-bond acceptors (Lipinski definition) is 4. The molecular weight excluding hydrogens is 371 g/mol. The van der Waals surface area contributed by atoms with Crippen LogP contribution in [0.3, 0.4) is 0 Å². The number of halogens is 1. The van der Waals surface area contributed by atoms with Gasteiger partial charge < -0.3 is 9.47 Å². The zero-order valence-corrected chi connectivity index (χ0v) is 18.1. The molecule has 0 aliphatic heterocycles. The average Bonchev–Trinajstić information content (AvgIpc) is 2.70. The minimum absolute atomic E-state index is 0.0838. The maximum atomic E-state index is 12.9. The molecule has 0 heterocycles. The highest BCUT2D eigenvalue weighted by Crippen LogP contribution is 2.18. The Morgan fingerprint density at radius 1 is 0.828 bits per heavy atom. The molecule has 0 saturated carbocycles. The zero-order chi connectivity index (χ0) is 21.3. The predicted octanol–water partition coefficient (Wildman–Crippen LogP) is 6.67. The molecule has 0 N–H and O–H groups in total. The van der Waals surface area contributed by atoms with Crippen molar-refractivity contribution >= 4 is 11.9 Å². The molecule has 0 fully saturated rings. The lowest BCUT2D eigenvalue weighted by Gasteiger charge is -2.13. The van der Waals surface area contributed by atoms with Crippen LogP contribution in [0.1, 0.15) is 103 Å². The fourth-order valence-corrected chi connectivity index (χ4v) is 3.09. The van der Waals surface area contributed by atoms with Crippen molar-refractivity contribution in [3.63, 3.8) is 0 Å². The quantitative estimate of drug-likeness (QED) is 0.226. The van der Waals surface area contributed by atoms with Crippen LogP contribution < -0.4 is 0 Å². The summed E-state index contributed by atoms with van der Waals surface area (Å²) in [6.07, 6.45) is 10.8. The van der Waals surface area contributed by atoms with E-state index < -0.39 is 0 Å². The van der Waals surface area contributed by atoms with E-state index in [-0.39, 0.29) is 23.9 Å². The van der Waals surface area contributed by atoms with Gasteiger partial charge in [-0.05, 0) is 43.9 Å². The van der Waals surface area contributed by atoms with E-state index in [0.29, 0.717) is 19.4 Å². The molecule has 1 aromatic carbocycles. The van der Waals surface area contributed by atoms with Gasteiger partial charge in [0.25, 0.3) is 0 Å². The topological polar surface area (TPSA) is 52.6 Å². The number of esters is 2. The van der Waals surface area contributed by atoms with Crippen molar-refractivity contribution in [1.29, 1.82) is 0 Å². The molecule has 0 aliphatic carbocycles. The lowest BCUT2D eigenvalue weighted by Crippen LogP contribution is -2.08. The van der Waals surface area contributed by atoms with Gasteiger partial charge in [-0.15, -0.1) is 0 Å². The summed E-state index contributed by atoms with van der Waals surface area (Å²) in [7, 11) is 0. The molecule has 0 aliphatic rings. The molecule has 1 aromatic rings. The van der Waals surface area contributed by atoms with Crippen LogP contribution in [0.15, 0.2) is 24.3 Å². The maximum Gasteiger partial charge on any atom is 0.306 e. The van der Waals surface area contributed by atoms with Gasteiger partial charge in [-0.25, -0.2) is 4.39 Å². The van der Waals surface area contributed by atoms with E-state index in [9.17, 15) is 14.0 Å². The minimum Gasteiger partial charge on any atom is -0.466 e. The fourth-order valence-electron chi connectivity index (χ4n) is 3.09. The van der Waals surface area contributed by atoms with Gasteiger partial charge in [0.2, 0.25) is 0 Å². The summed E-state index contributed by atoms with van der Waals surface area (Å²) in [5.74, 6) is -0.602. The van der Waals surface area contributed by atoms with Crippen LogP contribution in [-0.2, 0) is 19.1 Å². The smallest absolute Gasteiger partial charge is 0.306 e. The lowest BCUT2D eigenvalue weighted by molar-refractivity contribution is -0.148. The van der Waals surface area contributed by atoms with Crippen molar-refractivity contribution in [2.75, 3.05) is 6.61 Å². The van der Waals surface area contributed by atoms with Gasteiger partial charge in [-0.2, -0.15) is 0 Å². The molecule has 0 saturated heterocycles. The van der Waals surface area contributed by atoms with Gasteiger partial charge in [0, 0.05) is 12.8 Å². The predicted molar refractivity (Wildman–Crippen MR) is 113 cm³/mol. The van der Waals surface area contributed by atoms with E-state index >= 15 is 0 Å². The van der Waals surface area contributed by atoms with Crippen LogP contribution in [0.5, 0.6) is 0 Å². The van der Waals surface area contributed by atoms with Gasteiger partial charge in [0.05, 0.1) is 6.61 Å². The van der Waals surface area contributed by atoms with Gasteiger partial charge >= 0.3 is 11.9 Å². The van der Waals surface area contributed by atoms with Gasteiger partial charge in [0.15, 0.2) is 0 Å². The Bertz CT molecular complexity index is 571. The summed E-state index contributed by atoms with van der Waals surface area (Å²) < 4.78 is 23.5. The molecule has 0 amide bonds. The van der Waals surface area contributed by atoms with Crippen molar-refractivity contribution in [3.8, 4) is 0 Å². The van der Waals surface area contributed by atoms with Crippen LogP contribution in [0.4, 0.5) is 4.39 Å². The first-order valence-electron chi connectivity index (χ1n) is 11.1. The number of carbonyl (C=O) groups is 2. The van der Waals surface area contributed by atoms with Crippen molar-refractivity contribution in [3.05, 3.63) is 35.6 Å². The number of rotatable bonds is 16. The largest absolute Gasteiger partial charge is 0.466 e. The second-order valence-corrected chi connectivity index (χ2v) is 7.59. The number of benzene rings is 1. The third-order valence-electron chi connectivity index (χ3n) is 4.92. The Morgan fingerprint density at radius 3 is 2.00 bits per heavy atom. The normalized spacial score (nSPS) is 11.8. The van der Waals surface area contributed by atoms with Gasteiger partial charge in [0.1, 0.15) is 11.9 Å². The molecule has 1 rings (SSSR count). The molecule has 0 bridgehead atoms. The molecular formula is C24H37FO4. The number of unbranched alkanes of at least 4 members (excludes halogenated alkanes) is 8. The number of hydrogen-bond donors (Lipinski definition) is 0. The summed E-state index contributed by atoms with van der Waals surface area (Å²) in [6.45, 7) is 4.50. The molecule has 5 heteroatoms. The second-order valence-electron chi connectivity index (χ2n) is 7.59. The van der Waals surface area contributed by atoms with E-state index in [1.807, 2.05) is 0 Å². The Morgan fingerprint density at radius 2 is 1.38 bits per heavy atom. The first-order valence-corrected chi connectivity index (χ1v) is 11.1. The van der Waals surface area contributed by atoms with Crippen LogP contribution in [0.25, 0.3) is 0 Å². The van der Waals surface area contributed by atoms with Crippen molar-refractivity contribution in [1.82, 2.24) is 0 Å². The Balaban J connectivity index is 1.95. The molecule has 29 heavy (non-hydrogen) atoms. The SMILES string of the molecule is CCCCCCOC(=O)CCCCCCCCC(=O)OC(C)c1ccc(F)cc1. The average molecular weight is 409 g/mol. The monoisotopic (exact) mass is 408 g/mol. The molecule has 0 spiro atoms. The molecule has 164 valence electrons. The zero-order valence-electron chi connectivity index (χ0n) is 18.1.